The van der Waals surface area contributed by atoms with Gasteiger partial charge in [-0.25, -0.2) is 9.78 Å². The first-order chi connectivity index (χ1) is 14.1. The molecule has 0 spiro atoms. The molecule has 154 valence electrons. The molecule has 2 aliphatic heterocycles. The van der Waals surface area contributed by atoms with Crippen molar-refractivity contribution in [2.45, 2.75) is 70.0 Å². The summed E-state index contributed by atoms with van der Waals surface area (Å²) in [7, 11) is 0. The average Bonchev–Trinajstić information content (AvgIpc) is 3.48. The van der Waals surface area contributed by atoms with Gasteiger partial charge < -0.3 is 10.2 Å². The molecule has 1 saturated carbocycles. The van der Waals surface area contributed by atoms with Gasteiger partial charge in [0.25, 0.3) is 11.5 Å². The first-order valence-electron chi connectivity index (χ1n) is 10.8. The normalized spacial score (nSPS) is 24.1. The minimum atomic E-state index is -0.518. The standard InChI is InChI=1S/C21H27N5O3/c1-2-9-25-18-17(19(27)24-21(25)29)15(10-16(23-18)12-3-4-12)20(28)26-13-5-6-14(26)11-22-8-7-13/h10,12-14,22H,2-9,11H2,1H3,(H,24,27,29). The average molecular weight is 397 g/mol. The second-order valence-electron chi connectivity index (χ2n) is 8.57. The predicted octanol–water partition coefficient (Wildman–Crippen LogP) is 1.34. The number of amides is 1. The molecule has 8 nitrogen and oxygen atoms in total. The molecule has 0 radical (unpaired) electrons. The molecule has 2 N–H and O–H groups in total. The molecule has 29 heavy (non-hydrogen) atoms. The largest absolute Gasteiger partial charge is 0.331 e. The molecule has 2 unspecified atom stereocenters. The number of aromatic nitrogens is 3. The van der Waals surface area contributed by atoms with Gasteiger partial charge in [0, 0.05) is 36.8 Å². The van der Waals surface area contributed by atoms with Gasteiger partial charge in [-0.15, -0.1) is 0 Å². The topological polar surface area (TPSA) is 100 Å². The fourth-order valence-electron chi connectivity index (χ4n) is 4.93. The third-order valence-electron chi connectivity index (χ3n) is 6.53. The van der Waals surface area contributed by atoms with Crippen LogP contribution >= 0.6 is 0 Å². The number of nitrogens with one attached hydrogen (secondary N) is 2. The number of aryl methyl sites for hydroxylation is 1. The third-order valence-corrected chi connectivity index (χ3v) is 6.53. The molecule has 2 atom stereocenters. The van der Waals surface area contributed by atoms with Crippen molar-refractivity contribution in [1.29, 1.82) is 0 Å². The van der Waals surface area contributed by atoms with Crippen molar-refractivity contribution in [3.8, 4) is 0 Å². The number of carbonyl (C=O) groups is 1. The molecule has 3 fully saturated rings. The fourth-order valence-corrected chi connectivity index (χ4v) is 4.93. The number of fused-ring (bicyclic) bond motifs is 3. The Morgan fingerprint density at radius 1 is 1.17 bits per heavy atom. The molecule has 2 aromatic heterocycles. The van der Waals surface area contributed by atoms with E-state index in [-0.39, 0.29) is 23.4 Å². The molecule has 2 saturated heterocycles. The highest BCUT2D eigenvalue weighted by Gasteiger charge is 2.40. The Morgan fingerprint density at radius 2 is 1.97 bits per heavy atom. The van der Waals surface area contributed by atoms with Gasteiger partial charge in [0.15, 0.2) is 5.65 Å². The summed E-state index contributed by atoms with van der Waals surface area (Å²) in [4.78, 5) is 48.1. The van der Waals surface area contributed by atoms with Crippen LogP contribution in [0.25, 0.3) is 11.0 Å². The van der Waals surface area contributed by atoms with Crippen molar-refractivity contribution in [3.05, 3.63) is 38.2 Å². The molecule has 1 aliphatic carbocycles. The zero-order chi connectivity index (χ0) is 20.1. The number of nitrogens with zero attached hydrogens (tertiary/aromatic N) is 3. The lowest BCUT2D eigenvalue weighted by Crippen LogP contribution is -2.43. The fraction of sp³-hybridized carbons (Fsp3) is 0.619. The van der Waals surface area contributed by atoms with Crippen LogP contribution in [0, 0.1) is 0 Å². The van der Waals surface area contributed by atoms with Gasteiger partial charge in [-0.1, -0.05) is 6.92 Å². The molecular formula is C21H27N5O3. The Labute approximate surface area is 168 Å². The summed E-state index contributed by atoms with van der Waals surface area (Å²) >= 11 is 0. The van der Waals surface area contributed by atoms with E-state index in [0.29, 0.717) is 23.7 Å². The SMILES string of the molecule is CCCn1c(=O)[nH]c(=O)c2c(C(=O)N3C4CCNCC3CC4)cc(C3CC3)nc21. The molecule has 8 heteroatoms. The molecule has 4 heterocycles. The van der Waals surface area contributed by atoms with Crippen LogP contribution in [0.2, 0.25) is 0 Å². The third kappa shape index (κ3) is 3.10. The lowest BCUT2D eigenvalue weighted by Gasteiger charge is -2.28. The molecule has 0 aromatic carbocycles. The Balaban J connectivity index is 1.72. The Morgan fingerprint density at radius 3 is 2.72 bits per heavy atom. The van der Waals surface area contributed by atoms with Crippen molar-refractivity contribution >= 4 is 16.9 Å². The van der Waals surface area contributed by atoms with Gasteiger partial charge in [0.2, 0.25) is 0 Å². The highest BCUT2D eigenvalue weighted by atomic mass is 16.2. The van der Waals surface area contributed by atoms with E-state index in [4.69, 9.17) is 4.98 Å². The number of hydrogen-bond acceptors (Lipinski definition) is 5. The second-order valence-corrected chi connectivity index (χ2v) is 8.57. The molecule has 5 rings (SSSR count). The zero-order valence-electron chi connectivity index (χ0n) is 16.7. The van der Waals surface area contributed by atoms with E-state index >= 15 is 0 Å². The smallest absolute Gasteiger partial charge is 0.329 e. The molecule has 2 bridgehead atoms. The number of pyridine rings is 1. The number of aromatic amines is 1. The quantitative estimate of drug-likeness (QED) is 0.811. The molecule has 2 aromatic rings. The summed E-state index contributed by atoms with van der Waals surface area (Å²) in [6.45, 7) is 4.13. The maximum absolute atomic E-state index is 13.8. The van der Waals surface area contributed by atoms with Crippen LogP contribution < -0.4 is 16.6 Å². The Bertz CT molecular complexity index is 1070. The van der Waals surface area contributed by atoms with Gasteiger partial charge in [0.05, 0.1) is 10.9 Å². The summed E-state index contributed by atoms with van der Waals surface area (Å²) < 4.78 is 1.51. The van der Waals surface area contributed by atoms with Crippen molar-refractivity contribution in [3.63, 3.8) is 0 Å². The Kier molecular flexibility index (Phi) is 4.53. The molecule has 1 amide bonds. The van der Waals surface area contributed by atoms with E-state index in [1.807, 2.05) is 17.9 Å². The van der Waals surface area contributed by atoms with Crippen LogP contribution in [0.5, 0.6) is 0 Å². The van der Waals surface area contributed by atoms with Crippen LogP contribution in [0.3, 0.4) is 0 Å². The number of rotatable bonds is 4. The van der Waals surface area contributed by atoms with E-state index in [1.54, 1.807) is 0 Å². The highest BCUT2D eigenvalue weighted by molar-refractivity contribution is 6.05. The van der Waals surface area contributed by atoms with Crippen LogP contribution in [-0.2, 0) is 6.54 Å². The minimum absolute atomic E-state index is 0.0947. The molecule has 3 aliphatic rings. The van der Waals surface area contributed by atoms with Gasteiger partial charge in [-0.3, -0.25) is 19.1 Å². The van der Waals surface area contributed by atoms with E-state index in [2.05, 4.69) is 10.3 Å². The van der Waals surface area contributed by atoms with Crippen molar-refractivity contribution in [1.82, 2.24) is 24.8 Å². The summed E-state index contributed by atoms with van der Waals surface area (Å²) in [6, 6.07) is 2.18. The van der Waals surface area contributed by atoms with Gasteiger partial charge in [-0.2, -0.15) is 0 Å². The Hall–Kier alpha value is -2.48. The van der Waals surface area contributed by atoms with E-state index in [0.717, 1.165) is 57.3 Å². The van der Waals surface area contributed by atoms with E-state index in [1.165, 1.54) is 4.57 Å². The lowest BCUT2D eigenvalue weighted by molar-refractivity contribution is 0.0682. The van der Waals surface area contributed by atoms with Crippen LogP contribution in [0.15, 0.2) is 15.7 Å². The maximum Gasteiger partial charge on any atom is 0.329 e. The van der Waals surface area contributed by atoms with E-state index < -0.39 is 11.2 Å². The minimum Gasteiger partial charge on any atom is -0.331 e. The number of H-pyrrole nitrogens is 1. The van der Waals surface area contributed by atoms with E-state index in [9.17, 15) is 14.4 Å². The van der Waals surface area contributed by atoms with Crippen LogP contribution in [0.4, 0.5) is 0 Å². The van der Waals surface area contributed by atoms with Crippen LogP contribution in [0.1, 0.15) is 67.4 Å². The monoisotopic (exact) mass is 397 g/mol. The van der Waals surface area contributed by atoms with Gasteiger partial charge >= 0.3 is 5.69 Å². The number of hydrogen-bond donors (Lipinski definition) is 2. The van der Waals surface area contributed by atoms with Crippen molar-refractivity contribution in [2.75, 3.05) is 13.1 Å². The first kappa shape index (κ1) is 18.5. The number of carbonyl (C=O) groups excluding carboxylic acids is 1. The van der Waals surface area contributed by atoms with Crippen molar-refractivity contribution < 1.29 is 4.79 Å². The summed E-state index contributed by atoms with van der Waals surface area (Å²) in [5.41, 5.74) is 0.615. The molecular weight excluding hydrogens is 370 g/mol. The second kappa shape index (κ2) is 7.09. The first-order valence-corrected chi connectivity index (χ1v) is 10.8. The van der Waals surface area contributed by atoms with Crippen LogP contribution in [-0.4, -0.2) is 50.5 Å². The summed E-state index contributed by atoms with van der Waals surface area (Å²) in [5.74, 6) is 0.223. The summed E-state index contributed by atoms with van der Waals surface area (Å²) in [6.07, 6.45) is 5.73. The maximum atomic E-state index is 13.8. The van der Waals surface area contributed by atoms with Gasteiger partial charge in [-0.05, 0) is 51.1 Å². The van der Waals surface area contributed by atoms with Crippen molar-refractivity contribution in [2.24, 2.45) is 0 Å². The van der Waals surface area contributed by atoms with Gasteiger partial charge in [0.1, 0.15) is 0 Å². The predicted molar refractivity (Wildman–Crippen MR) is 109 cm³/mol. The zero-order valence-corrected chi connectivity index (χ0v) is 16.7. The highest BCUT2D eigenvalue weighted by Crippen LogP contribution is 2.40. The summed E-state index contributed by atoms with van der Waals surface area (Å²) in [5, 5.41) is 3.67. The lowest BCUT2D eigenvalue weighted by atomic mass is 10.1.